The number of nitrogens with two attached hydrogens (primary N) is 1. The van der Waals surface area contributed by atoms with Crippen LogP contribution in [0, 0.1) is 5.92 Å². The Morgan fingerprint density at radius 1 is 1.50 bits per heavy atom. The number of ether oxygens (including phenoxy) is 1. The van der Waals surface area contributed by atoms with Crippen molar-refractivity contribution in [1.82, 2.24) is 0 Å². The van der Waals surface area contributed by atoms with E-state index in [2.05, 4.69) is 15.9 Å². The minimum absolute atomic E-state index is 0.0376. The molecule has 0 saturated heterocycles. The van der Waals surface area contributed by atoms with Gasteiger partial charge in [0.1, 0.15) is 6.10 Å². The fraction of sp³-hybridized carbons (Fsp3) is 0.875. The minimum Gasteiger partial charge on any atom is -0.446 e. The molecule has 0 aromatic heterocycles. The second kappa shape index (κ2) is 4.70. The van der Waals surface area contributed by atoms with Gasteiger partial charge < -0.3 is 10.5 Å². The van der Waals surface area contributed by atoms with Gasteiger partial charge in [-0.15, -0.1) is 0 Å². The number of carbonyl (C=O) groups is 1. The first-order valence-corrected chi connectivity index (χ1v) is 5.38. The lowest BCUT2D eigenvalue weighted by Crippen LogP contribution is -2.32. The summed E-state index contributed by atoms with van der Waals surface area (Å²) in [4.78, 5) is 10.5. The zero-order valence-electron chi connectivity index (χ0n) is 6.96. The fourth-order valence-electron chi connectivity index (χ4n) is 1.65. The van der Waals surface area contributed by atoms with Gasteiger partial charge in [-0.3, -0.25) is 0 Å². The van der Waals surface area contributed by atoms with Crippen LogP contribution in [0.4, 0.5) is 4.79 Å². The molecule has 2 unspecified atom stereocenters. The molecule has 0 spiro atoms. The predicted molar refractivity (Wildman–Crippen MR) is 50.2 cm³/mol. The lowest BCUT2D eigenvalue weighted by Gasteiger charge is -2.28. The summed E-state index contributed by atoms with van der Waals surface area (Å²) in [5.74, 6) is 0.450. The van der Waals surface area contributed by atoms with Crippen LogP contribution in [-0.4, -0.2) is 17.5 Å². The number of carbonyl (C=O) groups excluding carboxylic acids is 1. The van der Waals surface area contributed by atoms with E-state index in [1.54, 1.807) is 0 Å². The lowest BCUT2D eigenvalue weighted by molar-refractivity contribution is 0.0515. The fourth-order valence-corrected chi connectivity index (χ4v) is 2.40. The van der Waals surface area contributed by atoms with Crippen LogP contribution in [0.1, 0.15) is 25.7 Å². The molecule has 1 saturated carbocycles. The first-order valence-electron chi connectivity index (χ1n) is 4.26. The van der Waals surface area contributed by atoms with Crippen molar-refractivity contribution in [3.8, 4) is 0 Å². The van der Waals surface area contributed by atoms with Gasteiger partial charge in [0, 0.05) is 11.2 Å². The van der Waals surface area contributed by atoms with Crippen molar-refractivity contribution in [3.05, 3.63) is 0 Å². The maximum Gasteiger partial charge on any atom is 0.404 e. The summed E-state index contributed by atoms with van der Waals surface area (Å²) in [7, 11) is 0. The number of alkyl halides is 1. The number of halogens is 1. The monoisotopic (exact) mass is 235 g/mol. The van der Waals surface area contributed by atoms with Crippen LogP contribution in [0.25, 0.3) is 0 Å². The molecule has 0 bridgehead atoms. The highest BCUT2D eigenvalue weighted by Crippen LogP contribution is 2.27. The van der Waals surface area contributed by atoms with Gasteiger partial charge in [-0.05, 0) is 19.3 Å². The van der Waals surface area contributed by atoms with Gasteiger partial charge in [-0.2, -0.15) is 0 Å². The standard InChI is InChI=1S/C8H14BrNO2/c9-5-6-3-1-2-4-7(6)12-8(10)11/h6-7H,1-5H2,(H2,10,11). The van der Waals surface area contributed by atoms with Crippen LogP contribution in [0.3, 0.4) is 0 Å². The Balaban J connectivity index is 2.41. The van der Waals surface area contributed by atoms with Gasteiger partial charge in [-0.25, -0.2) is 4.79 Å². The van der Waals surface area contributed by atoms with E-state index < -0.39 is 6.09 Å². The first kappa shape index (κ1) is 9.84. The summed E-state index contributed by atoms with van der Waals surface area (Å²) < 4.78 is 5.00. The third-order valence-corrected chi connectivity index (χ3v) is 3.14. The van der Waals surface area contributed by atoms with E-state index in [1.165, 1.54) is 6.42 Å². The molecule has 12 heavy (non-hydrogen) atoms. The second-order valence-corrected chi connectivity index (χ2v) is 3.82. The molecule has 1 aliphatic carbocycles. The van der Waals surface area contributed by atoms with Gasteiger partial charge in [0.15, 0.2) is 0 Å². The third kappa shape index (κ3) is 2.66. The maximum absolute atomic E-state index is 10.5. The quantitative estimate of drug-likeness (QED) is 0.746. The van der Waals surface area contributed by atoms with Crippen LogP contribution in [0.2, 0.25) is 0 Å². The summed E-state index contributed by atoms with van der Waals surface area (Å²) in [6, 6.07) is 0. The molecule has 2 atom stereocenters. The van der Waals surface area contributed by atoms with Crippen molar-refractivity contribution in [1.29, 1.82) is 0 Å². The summed E-state index contributed by atoms with van der Waals surface area (Å²) in [6.45, 7) is 0. The van der Waals surface area contributed by atoms with Crippen molar-refractivity contribution >= 4 is 22.0 Å². The molecule has 1 fully saturated rings. The first-order chi connectivity index (χ1) is 5.74. The smallest absolute Gasteiger partial charge is 0.404 e. The van der Waals surface area contributed by atoms with E-state index in [-0.39, 0.29) is 6.10 Å². The van der Waals surface area contributed by atoms with Gasteiger partial charge in [0.25, 0.3) is 0 Å². The molecule has 0 heterocycles. The van der Waals surface area contributed by atoms with E-state index >= 15 is 0 Å². The summed E-state index contributed by atoms with van der Waals surface area (Å²) in [5.41, 5.74) is 4.96. The zero-order chi connectivity index (χ0) is 8.97. The molecule has 0 aliphatic heterocycles. The molecule has 0 aromatic carbocycles. The van der Waals surface area contributed by atoms with Crippen molar-refractivity contribution in [3.63, 3.8) is 0 Å². The molecular formula is C8H14BrNO2. The topological polar surface area (TPSA) is 52.3 Å². The molecule has 1 rings (SSSR count). The van der Waals surface area contributed by atoms with Crippen molar-refractivity contribution in [2.75, 3.05) is 5.33 Å². The van der Waals surface area contributed by atoms with Gasteiger partial charge in [0.2, 0.25) is 0 Å². The Labute approximate surface area is 80.8 Å². The summed E-state index contributed by atoms with van der Waals surface area (Å²) in [6.07, 6.45) is 3.85. The van der Waals surface area contributed by atoms with Gasteiger partial charge in [-0.1, -0.05) is 22.4 Å². The number of rotatable bonds is 2. The highest BCUT2D eigenvalue weighted by molar-refractivity contribution is 9.09. The highest BCUT2D eigenvalue weighted by Gasteiger charge is 2.26. The third-order valence-electron chi connectivity index (χ3n) is 2.31. The Kier molecular flexibility index (Phi) is 3.85. The number of primary amides is 1. The predicted octanol–water partition coefficient (Wildman–Crippen LogP) is 2.04. The van der Waals surface area contributed by atoms with E-state index in [0.717, 1.165) is 24.6 Å². The van der Waals surface area contributed by atoms with E-state index in [1.807, 2.05) is 0 Å². The van der Waals surface area contributed by atoms with Crippen LogP contribution in [-0.2, 0) is 4.74 Å². The highest BCUT2D eigenvalue weighted by atomic mass is 79.9. The molecule has 2 N–H and O–H groups in total. The van der Waals surface area contributed by atoms with Crippen molar-refractivity contribution < 1.29 is 9.53 Å². The van der Waals surface area contributed by atoms with Crippen LogP contribution in [0.15, 0.2) is 0 Å². The van der Waals surface area contributed by atoms with Crippen LogP contribution < -0.4 is 5.73 Å². The molecule has 0 aromatic rings. The van der Waals surface area contributed by atoms with Gasteiger partial charge in [0.05, 0.1) is 0 Å². The van der Waals surface area contributed by atoms with Crippen molar-refractivity contribution in [2.24, 2.45) is 11.7 Å². The van der Waals surface area contributed by atoms with Gasteiger partial charge >= 0.3 is 6.09 Å². The van der Waals surface area contributed by atoms with E-state index in [4.69, 9.17) is 10.5 Å². The average Bonchev–Trinajstić information content (AvgIpc) is 2.04. The van der Waals surface area contributed by atoms with Crippen LogP contribution in [0.5, 0.6) is 0 Å². The van der Waals surface area contributed by atoms with E-state index in [0.29, 0.717) is 5.92 Å². The minimum atomic E-state index is -0.646. The SMILES string of the molecule is NC(=O)OC1CCCCC1CBr. The maximum atomic E-state index is 10.5. The molecular weight excluding hydrogens is 222 g/mol. The molecule has 1 aliphatic rings. The Bertz CT molecular complexity index is 163. The normalized spacial score (nSPS) is 29.8. The number of hydrogen-bond acceptors (Lipinski definition) is 2. The lowest BCUT2D eigenvalue weighted by atomic mass is 9.88. The zero-order valence-corrected chi connectivity index (χ0v) is 8.55. The van der Waals surface area contributed by atoms with E-state index in [9.17, 15) is 4.79 Å². The second-order valence-electron chi connectivity index (χ2n) is 3.17. The molecule has 4 heteroatoms. The Hall–Kier alpha value is -0.250. The summed E-state index contributed by atoms with van der Waals surface area (Å²) in [5, 5.41) is 0.894. The number of amides is 1. The molecule has 3 nitrogen and oxygen atoms in total. The average molecular weight is 236 g/mol. The van der Waals surface area contributed by atoms with Crippen LogP contribution >= 0.6 is 15.9 Å². The largest absolute Gasteiger partial charge is 0.446 e. The molecule has 70 valence electrons. The number of hydrogen-bond donors (Lipinski definition) is 1. The Morgan fingerprint density at radius 2 is 2.17 bits per heavy atom. The van der Waals surface area contributed by atoms with Crippen molar-refractivity contribution in [2.45, 2.75) is 31.8 Å². The molecule has 1 amide bonds. The Morgan fingerprint density at radius 3 is 2.75 bits per heavy atom. The molecule has 0 radical (unpaired) electrons. The summed E-state index contributed by atoms with van der Waals surface area (Å²) >= 11 is 3.41.